The molecular weight excluding hydrogens is 302 g/mol. The van der Waals surface area contributed by atoms with Crippen LogP contribution < -0.4 is 4.90 Å². The number of ether oxygens (including phenoxy) is 1. The van der Waals surface area contributed by atoms with Gasteiger partial charge in [-0.25, -0.2) is 9.97 Å². The molecule has 2 N–H and O–H groups in total. The topological polar surface area (TPSA) is 78.7 Å². The largest absolute Gasteiger partial charge is 0.394 e. The Morgan fingerprint density at radius 1 is 1.45 bits per heavy atom. The van der Waals surface area contributed by atoms with Crippen LogP contribution >= 0.6 is 23.4 Å². The zero-order valence-corrected chi connectivity index (χ0v) is 12.8. The van der Waals surface area contributed by atoms with Crippen molar-refractivity contribution in [2.24, 2.45) is 0 Å². The molecule has 1 fully saturated rings. The van der Waals surface area contributed by atoms with Crippen molar-refractivity contribution in [2.45, 2.75) is 24.2 Å². The van der Waals surface area contributed by atoms with Gasteiger partial charge in [0.05, 0.1) is 31.4 Å². The zero-order valence-electron chi connectivity index (χ0n) is 11.3. The third-order valence-corrected chi connectivity index (χ3v) is 4.04. The van der Waals surface area contributed by atoms with Crippen molar-refractivity contribution >= 4 is 29.2 Å². The molecule has 1 aromatic rings. The van der Waals surface area contributed by atoms with Crippen LogP contribution in [0.1, 0.15) is 12.0 Å². The first kappa shape index (κ1) is 15.8. The van der Waals surface area contributed by atoms with E-state index in [-0.39, 0.29) is 24.4 Å². The van der Waals surface area contributed by atoms with Gasteiger partial charge in [-0.1, -0.05) is 23.4 Å². The number of aliphatic hydroxyl groups is 2. The molecule has 1 aliphatic heterocycles. The maximum atomic E-state index is 9.54. The highest BCUT2D eigenvalue weighted by Crippen LogP contribution is 2.29. The summed E-state index contributed by atoms with van der Waals surface area (Å²) in [6.45, 7) is 1.49. The summed E-state index contributed by atoms with van der Waals surface area (Å²) >= 11 is 7.51. The Morgan fingerprint density at radius 3 is 2.90 bits per heavy atom. The molecule has 1 aromatic heterocycles. The minimum absolute atomic E-state index is 0.0406. The lowest BCUT2D eigenvalue weighted by Gasteiger charge is -2.30. The first-order valence-electron chi connectivity index (χ1n) is 6.37. The Morgan fingerprint density at radius 2 is 2.25 bits per heavy atom. The fourth-order valence-electron chi connectivity index (χ4n) is 2.15. The molecule has 0 radical (unpaired) electrons. The second-order valence-corrected chi connectivity index (χ2v) is 5.55. The van der Waals surface area contributed by atoms with E-state index in [1.165, 1.54) is 11.8 Å². The monoisotopic (exact) mass is 319 g/mol. The number of aliphatic hydroxyl groups excluding tert-OH is 2. The molecule has 0 spiro atoms. The lowest BCUT2D eigenvalue weighted by Crippen LogP contribution is -2.41. The smallest absolute Gasteiger partial charge is 0.190 e. The van der Waals surface area contributed by atoms with Crippen LogP contribution in [0.2, 0.25) is 5.15 Å². The van der Waals surface area contributed by atoms with Crippen molar-refractivity contribution in [1.82, 2.24) is 9.97 Å². The standard InChI is InChI=1S/C12H18ClN3O3S/c1-20-12-14-10(13)9(6-18)11(15-12)16-3-2-4-19-7-8(16)5-17/h8,17-18H,2-7H2,1H3/t8-/m1/s1. The van der Waals surface area contributed by atoms with Crippen LogP contribution in [0, 0.1) is 0 Å². The summed E-state index contributed by atoms with van der Waals surface area (Å²) in [4.78, 5) is 10.5. The maximum absolute atomic E-state index is 9.54. The SMILES string of the molecule is CSc1nc(Cl)c(CO)c(N2CCCOC[C@H]2CO)n1. The summed E-state index contributed by atoms with van der Waals surface area (Å²) in [7, 11) is 0. The molecule has 1 atom stereocenters. The van der Waals surface area contributed by atoms with Crippen LogP contribution in [0.25, 0.3) is 0 Å². The van der Waals surface area contributed by atoms with Gasteiger partial charge in [0.1, 0.15) is 11.0 Å². The highest BCUT2D eigenvalue weighted by atomic mass is 35.5. The van der Waals surface area contributed by atoms with E-state index in [0.29, 0.717) is 36.3 Å². The molecular formula is C12H18ClN3O3S. The van der Waals surface area contributed by atoms with Crippen molar-refractivity contribution in [2.75, 3.05) is 37.5 Å². The normalized spacial score (nSPS) is 20.0. The Hall–Kier alpha value is -0.600. The second-order valence-electron chi connectivity index (χ2n) is 4.42. The lowest BCUT2D eigenvalue weighted by atomic mass is 10.2. The zero-order chi connectivity index (χ0) is 14.5. The fourth-order valence-corrected chi connectivity index (χ4v) is 2.79. The number of thioether (sulfide) groups is 1. The van der Waals surface area contributed by atoms with Crippen LogP contribution in [0.15, 0.2) is 5.16 Å². The van der Waals surface area contributed by atoms with E-state index in [1.807, 2.05) is 11.2 Å². The third-order valence-electron chi connectivity index (χ3n) is 3.18. The minimum atomic E-state index is -0.238. The average Bonchev–Trinajstić information content (AvgIpc) is 2.71. The van der Waals surface area contributed by atoms with Gasteiger partial charge in [-0.3, -0.25) is 0 Å². The van der Waals surface area contributed by atoms with Crippen LogP contribution in [0.4, 0.5) is 5.82 Å². The maximum Gasteiger partial charge on any atom is 0.190 e. The van der Waals surface area contributed by atoms with E-state index in [1.54, 1.807) is 0 Å². The van der Waals surface area contributed by atoms with Crippen molar-refractivity contribution in [3.05, 3.63) is 10.7 Å². The van der Waals surface area contributed by atoms with Gasteiger partial charge >= 0.3 is 0 Å². The van der Waals surface area contributed by atoms with Crippen LogP contribution in [0.3, 0.4) is 0 Å². The number of aromatic nitrogens is 2. The quantitative estimate of drug-likeness (QED) is 0.485. The first-order valence-corrected chi connectivity index (χ1v) is 7.98. The van der Waals surface area contributed by atoms with E-state index in [4.69, 9.17) is 16.3 Å². The number of hydrogen-bond donors (Lipinski definition) is 2. The van der Waals surface area contributed by atoms with Crippen molar-refractivity contribution < 1.29 is 14.9 Å². The van der Waals surface area contributed by atoms with Crippen molar-refractivity contribution in [3.63, 3.8) is 0 Å². The van der Waals surface area contributed by atoms with Crippen molar-refractivity contribution in [1.29, 1.82) is 0 Å². The number of halogens is 1. The van der Waals surface area contributed by atoms with Crippen LogP contribution in [-0.4, -0.2) is 58.8 Å². The number of hydrogen-bond acceptors (Lipinski definition) is 7. The average molecular weight is 320 g/mol. The van der Waals surface area contributed by atoms with Gasteiger partial charge in [-0.05, 0) is 12.7 Å². The molecule has 0 aliphatic carbocycles. The predicted octanol–water partition coefficient (Wildman–Crippen LogP) is 0.932. The van der Waals surface area contributed by atoms with E-state index in [9.17, 15) is 10.2 Å². The minimum Gasteiger partial charge on any atom is -0.394 e. The molecule has 20 heavy (non-hydrogen) atoms. The summed E-state index contributed by atoms with van der Waals surface area (Å²) in [5.74, 6) is 0.585. The molecule has 0 amide bonds. The van der Waals surface area contributed by atoms with E-state index >= 15 is 0 Å². The molecule has 1 saturated heterocycles. The molecule has 0 unspecified atom stereocenters. The summed E-state index contributed by atoms with van der Waals surface area (Å²) < 4.78 is 5.46. The molecule has 0 aromatic carbocycles. The van der Waals surface area contributed by atoms with Crippen LogP contribution in [0.5, 0.6) is 0 Å². The van der Waals surface area contributed by atoms with Gasteiger partial charge in [0.15, 0.2) is 5.16 Å². The number of nitrogens with zero attached hydrogens (tertiary/aromatic N) is 3. The summed E-state index contributed by atoms with van der Waals surface area (Å²) in [6.07, 6.45) is 2.70. The Balaban J connectivity index is 2.44. The van der Waals surface area contributed by atoms with Gasteiger partial charge in [-0.2, -0.15) is 0 Å². The van der Waals surface area contributed by atoms with E-state index in [0.717, 1.165) is 6.42 Å². The summed E-state index contributed by atoms with van der Waals surface area (Å²) in [5, 5.41) is 19.9. The van der Waals surface area contributed by atoms with Gasteiger partial charge < -0.3 is 19.8 Å². The predicted molar refractivity (Wildman–Crippen MR) is 78.4 cm³/mol. The Bertz CT molecular complexity index is 464. The Labute approximate surface area is 127 Å². The van der Waals surface area contributed by atoms with Crippen LogP contribution in [-0.2, 0) is 11.3 Å². The number of anilines is 1. The van der Waals surface area contributed by atoms with Gasteiger partial charge in [0.25, 0.3) is 0 Å². The highest BCUT2D eigenvalue weighted by Gasteiger charge is 2.26. The van der Waals surface area contributed by atoms with Gasteiger partial charge in [-0.15, -0.1) is 0 Å². The number of rotatable bonds is 4. The molecule has 0 bridgehead atoms. The van der Waals surface area contributed by atoms with Crippen molar-refractivity contribution in [3.8, 4) is 0 Å². The van der Waals surface area contributed by atoms with E-state index < -0.39 is 0 Å². The van der Waals surface area contributed by atoms with E-state index in [2.05, 4.69) is 9.97 Å². The van der Waals surface area contributed by atoms with Gasteiger partial charge in [0, 0.05) is 13.2 Å². The molecule has 6 nitrogen and oxygen atoms in total. The fraction of sp³-hybridized carbons (Fsp3) is 0.667. The summed E-state index contributed by atoms with van der Waals surface area (Å²) in [6, 6.07) is -0.191. The lowest BCUT2D eigenvalue weighted by molar-refractivity contribution is 0.114. The second kappa shape index (κ2) is 7.42. The Kier molecular flexibility index (Phi) is 5.86. The summed E-state index contributed by atoms with van der Waals surface area (Å²) in [5.41, 5.74) is 0.491. The molecule has 8 heteroatoms. The van der Waals surface area contributed by atoms with Gasteiger partial charge in [0.2, 0.25) is 0 Å². The molecule has 2 rings (SSSR count). The molecule has 1 aliphatic rings. The highest BCUT2D eigenvalue weighted by molar-refractivity contribution is 7.98. The molecule has 2 heterocycles. The first-order chi connectivity index (χ1) is 9.71. The molecule has 112 valence electrons. The molecule has 0 saturated carbocycles. The third kappa shape index (κ3) is 3.35.